The lowest BCUT2D eigenvalue weighted by Crippen LogP contribution is -2.30. The second-order valence-corrected chi connectivity index (χ2v) is 6.05. The van der Waals surface area contributed by atoms with Gasteiger partial charge in [0.2, 0.25) is 0 Å². The van der Waals surface area contributed by atoms with Crippen molar-refractivity contribution in [3.63, 3.8) is 0 Å². The van der Waals surface area contributed by atoms with Crippen molar-refractivity contribution in [2.75, 3.05) is 14.2 Å². The Morgan fingerprint density at radius 1 is 0.786 bits per heavy atom. The molecule has 0 aromatic heterocycles. The molecule has 144 valence electrons. The number of hydrogen-bond acceptors (Lipinski definition) is 3. The van der Waals surface area contributed by atoms with Crippen LogP contribution in [-0.4, -0.2) is 20.1 Å². The fraction of sp³-hybridized carbons (Fsp3) is 0.136. The molecule has 1 amide bonds. The molecule has 3 aromatic carbocycles. The van der Waals surface area contributed by atoms with Gasteiger partial charge in [0.25, 0.3) is 5.91 Å². The largest absolute Gasteiger partial charge is 0.497 e. The normalized spacial score (nSPS) is 10.6. The Kier molecular flexibility index (Phi) is 5.89. The van der Waals surface area contributed by atoms with Gasteiger partial charge in [0, 0.05) is 0 Å². The molecule has 0 fully saturated rings. The van der Waals surface area contributed by atoms with Gasteiger partial charge < -0.3 is 14.8 Å². The molecule has 0 heterocycles. The lowest BCUT2D eigenvalue weighted by atomic mass is 9.97. The average Bonchev–Trinajstić information content (AvgIpc) is 2.72. The number of ether oxygens (including phenoxy) is 2. The smallest absolute Gasteiger partial charge is 0.258 e. The molecule has 3 rings (SSSR count). The summed E-state index contributed by atoms with van der Waals surface area (Å²) >= 11 is 0. The fourth-order valence-corrected chi connectivity index (χ4v) is 2.87. The summed E-state index contributed by atoms with van der Waals surface area (Å²) in [6.07, 6.45) is 0. The van der Waals surface area contributed by atoms with E-state index >= 15 is 0 Å². The summed E-state index contributed by atoms with van der Waals surface area (Å²) < 4.78 is 38.4. The first-order valence-electron chi connectivity index (χ1n) is 8.56. The summed E-state index contributed by atoms with van der Waals surface area (Å²) in [5.74, 6) is -1.36. The molecule has 0 aliphatic heterocycles. The van der Waals surface area contributed by atoms with Gasteiger partial charge >= 0.3 is 0 Å². The number of carbonyl (C=O) groups is 1. The Morgan fingerprint density at radius 3 is 1.61 bits per heavy atom. The van der Waals surface area contributed by atoms with E-state index in [1.165, 1.54) is 6.07 Å². The van der Waals surface area contributed by atoms with Crippen LogP contribution in [0.2, 0.25) is 0 Å². The van der Waals surface area contributed by atoms with E-state index in [1.54, 1.807) is 62.8 Å². The van der Waals surface area contributed by atoms with Gasteiger partial charge in [-0.05, 0) is 47.5 Å². The van der Waals surface area contributed by atoms with Gasteiger partial charge in [-0.2, -0.15) is 0 Å². The minimum Gasteiger partial charge on any atom is -0.497 e. The molecule has 0 saturated carbocycles. The van der Waals surface area contributed by atoms with E-state index < -0.39 is 29.1 Å². The molecule has 28 heavy (non-hydrogen) atoms. The van der Waals surface area contributed by atoms with E-state index in [0.29, 0.717) is 11.5 Å². The van der Waals surface area contributed by atoms with Crippen molar-refractivity contribution in [2.24, 2.45) is 0 Å². The van der Waals surface area contributed by atoms with Crippen molar-refractivity contribution >= 4 is 5.91 Å². The number of hydrogen-bond donors (Lipinski definition) is 1. The Labute approximate surface area is 161 Å². The second-order valence-electron chi connectivity index (χ2n) is 6.05. The SMILES string of the molecule is COc1ccc(C(NC(=O)c2c(F)cccc2F)c2ccc(OC)cc2)cc1. The zero-order valence-corrected chi connectivity index (χ0v) is 15.4. The number of amides is 1. The molecular weight excluding hydrogens is 364 g/mol. The average molecular weight is 383 g/mol. The van der Waals surface area contributed by atoms with Gasteiger partial charge in [-0.1, -0.05) is 30.3 Å². The molecule has 0 spiro atoms. The molecule has 0 bridgehead atoms. The van der Waals surface area contributed by atoms with Crippen LogP contribution in [0.15, 0.2) is 66.7 Å². The van der Waals surface area contributed by atoms with Crippen molar-refractivity contribution in [1.82, 2.24) is 5.32 Å². The number of methoxy groups -OCH3 is 2. The van der Waals surface area contributed by atoms with E-state index in [0.717, 1.165) is 23.3 Å². The summed E-state index contributed by atoms with van der Waals surface area (Å²) in [6.45, 7) is 0. The third-order valence-corrected chi connectivity index (χ3v) is 4.36. The van der Waals surface area contributed by atoms with Crippen LogP contribution in [0.3, 0.4) is 0 Å². The number of benzene rings is 3. The monoisotopic (exact) mass is 383 g/mol. The van der Waals surface area contributed by atoms with Gasteiger partial charge in [-0.25, -0.2) is 8.78 Å². The van der Waals surface area contributed by atoms with Crippen molar-refractivity contribution in [3.8, 4) is 11.5 Å². The lowest BCUT2D eigenvalue weighted by Gasteiger charge is -2.21. The predicted octanol–water partition coefficient (Wildman–Crippen LogP) is 4.50. The Balaban J connectivity index is 1.98. The van der Waals surface area contributed by atoms with Crippen LogP contribution in [0.25, 0.3) is 0 Å². The lowest BCUT2D eigenvalue weighted by molar-refractivity contribution is 0.0934. The molecular formula is C22H19F2NO3. The van der Waals surface area contributed by atoms with Crippen LogP contribution >= 0.6 is 0 Å². The summed E-state index contributed by atoms with van der Waals surface area (Å²) in [5, 5.41) is 2.72. The first-order valence-corrected chi connectivity index (χ1v) is 8.56. The van der Waals surface area contributed by atoms with Crippen molar-refractivity contribution in [2.45, 2.75) is 6.04 Å². The third-order valence-electron chi connectivity index (χ3n) is 4.36. The first-order chi connectivity index (χ1) is 13.5. The fourth-order valence-electron chi connectivity index (χ4n) is 2.87. The summed E-state index contributed by atoms with van der Waals surface area (Å²) in [5.41, 5.74) is 0.849. The zero-order valence-electron chi connectivity index (χ0n) is 15.4. The predicted molar refractivity (Wildman–Crippen MR) is 102 cm³/mol. The van der Waals surface area contributed by atoms with Crippen molar-refractivity contribution in [1.29, 1.82) is 0 Å². The molecule has 0 unspecified atom stereocenters. The molecule has 0 radical (unpaired) electrons. The highest BCUT2D eigenvalue weighted by molar-refractivity contribution is 5.95. The highest BCUT2D eigenvalue weighted by Gasteiger charge is 2.22. The van der Waals surface area contributed by atoms with Crippen LogP contribution in [-0.2, 0) is 0 Å². The summed E-state index contributed by atoms with van der Waals surface area (Å²) in [4.78, 5) is 12.6. The van der Waals surface area contributed by atoms with E-state index in [-0.39, 0.29) is 0 Å². The molecule has 0 saturated heterocycles. The van der Waals surface area contributed by atoms with Gasteiger partial charge in [0.05, 0.1) is 20.3 Å². The highest BCUT2D eigenvalue weighted by Crippen LogP contribution is 2.27. The van der Waals surface area contributed by atoms with E-state index in [1.807, 2.05) is 0 Å². The maximum atomic E-state index is 14.0. The molecule has 0 aliphatic rings. The quantitative estimate of drug-likeness (QED) is 0.682. The topological polar surface area (TPSA) is 47.6 Å². The number of rotatable bonds is 6. The van der Waals surface area contributed by atoms with E-state index in [2.05, 4.69) is 5.32 Å². The highest BCUT2D eigenvalue weighted by atomic mass is 19.1. The molecule has 6 heteroatoms. The van der Waals surface area contributed by atoms with E-state index in [4.69, 9.17) is 9.47 Å². The molecule has 3 aromatic rings. The maximum absolute atomic E-state index is 14.0. The minimum atomic E-state index is -0.916. The van der Waals surface area contributed by atoms with Crippen molar-refractivity contribution in [3.05, 3.63) is 95.1 Å². The third kappa shape index (κ3) is 4.11. The van der Waals surface area contributed by atoms with Crippen LogP contribution < -0.4 is 14.8 Å². The first kappa shape index (κ1) is 19.4. The molecule has 0 atom stereocenters. The van der Waals surface area contributed by atoms with Gasteiger partial charge in [0.15, 0.2) is 0 Å². The van der Waals surface area contributed by atoms with Crippen molar-refractivity contribution < 1.29 is 23.0 Å². The number of nitrogens with one attached hydrogen (secondary N) is 1. The molecule has 4 nitrogen and oxygen atoms in total. The van der Waals surface area contributed by atoms with Crippen LogP contribution in [0, 0.1) is 11.6 Å². The van der Waals surface area contributed by atoms with Crippen LogP contribution in [0.1, 0.15) is 27.5 Å². The summed E-state index contributed by atoms with van der Waals surface area (Å²) in [7, 11) is 3.11. The Morgan fingerprint density at radius 2 is 1.21 bits per heavy atom. The zero-order chi connectivity index (χ0) is 20.1. The van der Waals surface area contributed by atoms with Crippen LogP contribution in [0.5, 0.6) is 11.5 Å². The van der Waals surface area contributed by atoms with Gasteiger partial charge in [-0.3, -0.25) is 4.79 Å². The van der Waals surface area contributed by atoms with Gasteiger partial charge in [-0.15, -0.1) is 0 Å². The maximum Gasteiger partial charge on any atom is 0.258 e. The Hall–Kier alpha value is -3.41. The molecule has 1 N–H and O–H groups in total. The molecule has 0 aliphatic carbocycles. The Bertz CT molecular complexity index is 889. The number of carbonyl (C=O) groups excluding carboxylic acids is 1. The van der Waals surface area contributed by atoms with Gasteiger partial charge in [0.1, 0.15) is 28.7 Å². The minimum absolute atomic E-state index is 0.616. The van der Waals surface area contributed by atoms with Crippen LogP contribution in [0.4, 0.5) is 8.78 Å². The van der Waals surface area contributed by atoms with E-state index in [9.17, 15) is 13.6 Å². The number of halogens is 2. The summed E-state index contributed by atoms with van der Waals surface area (Å²) in [6, 6.07) is 16.8. The standard InChI is InChI=1S/C22H19F2NO3/c1-27-16-10-6-14(7-11-16)21(15-8-12-17(28-2)13-9-15)25-22(26)20-18(23)4-3-5-19(20)24/h3-13,21H,1-2H3,(H,25,26). The second kappa shape index (κ2) is 8.52.